The van der Waals surface area contributed by atoms with E-state index < -0.39 is 0 Å². The molecular formula is C56H58BN3. The maximum Gasteiger partial charge on any atom is 0.252 e. The van der Waals surface area contributed by atoms with Gasteiger partial charge in [0.15, 0.2) is 0 Å². The Morgan fingerprint density at radius 2 is 1.27 bits per heavy atom. The molecule has 6 aromatic carbocycles. The second kappa shape index (κ2) is 11.8. The Morgan fingerprint density at radius 1 is 0.550 bits per heavy atom. The molecule has 0 radical (unpaired) electrons. The van der Waals surface area contributed by atoms with Gasteiger partial charge in [-0.15, -0.1) is 0 Å². The Bertz CT molecular complexity index is 2830. The summed E-state index contributed by atoms with van der Waals surface area (Å²) in [5, 5.41) is 0. The van der Waals surface area contributed by atoms with Gasteiger partial charge in [0.2, 0.25) is 0 Å². The van der Waals surface area contributed by atoms with Gasteiger partial charge in [-0.3, -0.25) is 0 Å². The van der Waals surface area contributed by atoms with E-state index in [0.717, 1.165) is 12.8 Å². The van der Waals surface area contributed by atoms with Gasteiger partial charge >= 0.3 is 0 Å². The van der Waals surface area contributed by atoms with Crippen molar-refractivity contribution in [1.82, 2.24) is 0 Å². The highest BCUT2D eigenvalue weighted by Crippen LogP contribution is 2.66. The summed E-state index contributed by atoms with van der Waals surface area (Å²) in [4.78, 5) is 8.34. The van der Waals surface area contributed by atoms with Crippen molar-refractivity contribution in [2.75, 3.05) is 14.7 Å². The standard InChI is InChI=1S/C56H58BN3/c1-35-19-23-39(24-20-35)58-47-25-21-36(2)31-45(47)57-44-18-14-17-42-51(44)60(55(8)29-13-12-28-53(42,55)6)49-34-40(33-48(58)50(49)57)59-46-26-22-38(52(3,4)5)32-43(46)54(7)30-27-37-15-10-11-16-41(37)56(54,59)9/h10-11,14-26,31-34H,12-13,27-30H2,1-9H3. The van der Waals surface area contributed by atoms with E-state index in [1.54, 1.807) is 5.56 Å². The molecule has 1 saturated carbocycles. The number of fused-ring (bicyclic) bond motifs is 12. The van der Waals surface area contributed by atoms with Crippen LogP contribution < -0.4 is 31.1 Å². The molecule has 60 heavy (non-hydrogen) atoms. The molecule has 6 aromatic rings. The molecule has 0 amide bonds. The van der Waals surface area contributed by atoms with Gasteiger partial charge < -0.3 is 14.7 Å². The number of aryl methyl sites for hydroxylation is 3. The van der Waals surface area contributed by atoms with Crippen LogP contribution >= 0.6 is 0 Å². The number of rotatable bonds is 2. The highest BCUT2D eigenvalue weighted by molar-refractivity contribution is 7.00. The minimum atomic E-state index is -0.314. The van der Waals surface area contributed by atoms with Crippen LogP contribution in [0, 0.1) is 13.8 Å². The monoisotopic (exact) mass is 783 g/mol. The maximum atomic E-state index is 2.90. The highest BCUT2D eigenvalue weighted by atomic mass is 15.3. The summed E-state index contributed by atoms with van der Waals surface area (Å²) in [5.74, 6) is 0. The normalized spacial score (nSPS) is 26.5. The van der Waals surface area contributed by atoms with E-state index >= 15 is 0 Å². The lowest BCUT2D eigenvalue weighted by atomic mass is 9.33. The lowest BCUT2D eigenvalue weighted by Crippen LogP contribution is -2.64. The summed E-state index contributed by atoms with van der Waals surface area (Å²) in [6.07, 6.45) is 7.15. The molecule has 0 spiro atoms. The van der Waals surface area contributed by atoms with Crippen molar-refractivity contribution in [1.29, 1.82) is 0 Å². The zero-order chi connectivity index (χ0) is 41.3. The van der Waals surface area contributed by atoms with Crippen LogP contribution in [0.3, 0.4) is 0 Å². The molecule has 300 valence electrons. The van der Waals surface area contributed by atoms with Gasteiger partial charge in [-0.2, -0.15) is 0 Å². The third-order valence-corrected chi connectivity index (χ3v) is 17.3. The fraction of sp³-hybridized carbons (Fsp3) is 0.357. The number of hydrogen-bond acceptors (Lipinski definition) is 3. The number of para-hydroxylation sites is 1. The molecule has 0 aromatic heterocycles. The molecule has 4 aliphatic heterocycles. The summed E-state index contributed by atoms with van der Waals surface area (Å²) in [6.45, 7) is 22.1. The van der Waals surface area contributed by atoms with E-state index in [0.29, 0.717) is 0 Å². The first kappa shape index (κ1) is 36.6. The largest absolute Gasteiger partial charge is 0.335 e. The Balaban J connectivity index is 1.22. The summed E-state index contributed by atoms with van der Waals surface area (Å²) in [6, 6.07) is 46.0. The van der Waals surface area contributed by atoms with E-state index in [2.05, 4.69) is 192 Å². The van der Waals surface area contributed by atoms with Gasteiger partial charge in [0.1, 0.15) is 0 Å². The van der Waals surface area contributed by atoms with Crippen LogP contribution in [-0.2, 0) is 28.2 Å². The topological polar surface area (TPSA) is 9.72 Å². The SMILES string of the molecule is Cc1ccc(N2c3ccc(C)cc3B3c4cccc5c4N(c4cc(N6c7ccc(C(C)(C)C)cc7C7(C)CCc8ccccc8C67C)cc2c43)C2(C)CCCCC52C)cc1. The number of nitrogens with zero attached hydrogens (tertiary/aromatic N) is 3. The van der Waals surface area contributed by atoms with Gasteiger partial charge in [0, 0.05) is 50.6 Å². The van der Waals surface area contributed by atoms with E-state index in [1.807, 2.05) is 0 Å². The first-order valence-corrected chi connectivity index (χ1v) is 22.8. The molecule has 0 saturated heterocycles. The van der Waals surface area contributed by atoms with Crippen LogP contribution in [0.15, 0.2) is 115 Å². The Morgan fingerprint density at radius 3 is 2.07 bits per heavy atom. The second-order valence-corrected chi connectivity index (χ2v) is 21.3. The lowest BCUT2D eigenvalue weighted by molar-refractivity contribution is 0.195. The summed E-state index contributed by atoms with van der Waals surface area (Å²) in [5.41, 5.74) is 23.3. The predicted molar refractivity (Wildman–Crippen MR) is 255 cm³/mol. The van der Waals surface area contributed by atoms with Crippen molar-refractivity contribution in [3.63, 3.8) is 0 Å². The number of anilines is 7. The highest BCUT2D eigenvalue weighted by Gasteiger charge is 2.63. The summed E-state index contributed by atoms with van der Waals surface area (Å²) < 4.78 is 0. The maximum absolute atomic E-state index is 2.90. The predicted octanol–water partition coefficient (Wildman–Crippen LogP) is 12.2. The molecule has 4 heteroatoms. The first-order valence-electron chi connectivity index (χ1n) is 22.8. The van der Waals surface area contributed by atoms with Crippen molar-refractivity contribution in [3.8, 4) is 0 Å². The quantitative estimate of drug-likeness (QED) is 0.162. The molecule has 3 nitrogen and oxygen atoms in total. The van der Waals surface area contributed by atoms with Crippen LogP contribution in [0.25, 0.3) is 0 Å². The van der Waals surface area contributed by atoms with Crippen LogP contribution in [0.5, 0.6) is 0 Å². The van der Waals surface area contributed by atoms with Crippen LogP contribution in [0.2, 0.25) is 0 Å². The zero-order valence-electron chi connectivity index (χ0n) is 37.1. The summed E-state index contributed by atoms with van der Waals surface area (Å²) >= 11 is 0. The van der Waals surface area contributed by atoms with E-state index in [9.17, 15) is 0 Å². The van der Waals surface area contributed by atoms with Crippen molar-refractivity contribution in [2.24, 2.45) is 0 Å². The molecule has 1 fully saturated rings. The molecule has 6 aliphatic rings. The third-order valence-electron chi connectivity index (χ3n) is 17.3. The molecule has 12 rings (SSSR count). The smallest absolute Gasteiger partial charge is 0.252 e. The molecule has 0 N–H and O–H groups in total. The Kier molecular flexibility index (Phi) is 7.19. The Labute approximate surface area is 358 Å². The molecular weight excluding hydrogens is 725 g/mol. The summed E-state index contributed by atoms with van der Waals surface area (Å²) in [7, 11) is 0. The average Bonchev–Trinajstić information content (AvgIpc) is 3.58. The fourth-order valence-corrected chi connectivity index (χ4v) is 13.7. The van der Waals surface area contributed by atoms with Gasteiger partial charge in [0.05, 0.1) is 11.1 Å². The number of benzene rings is 6. The van der Waals surface area contributed by atoms with Gasteiger partial charge in [-0.1, -0.05) is 137 Å². The van der Waals surface area contributed by atoms with Crippen molar-refractivity contribution < 1.29 is 0 Å². The van der Waals surface area contributed by atoms with Gasteiger partial charge in [-0.25, -0.2) is 0 Å². The fourth-order valence-electron chi connectivity index (χ4n) is 13.7. The third kappa shape index (κ3) is 4.33. The molecule has 4 heterocycles. The first-order chi connectivity index (χ1) is 28.7. The van der Waals surface area contributed by atoms with Gasteiger partial charge in [0.25, 0.3) is 6.71 Å². The minimum Gasteiger partial charge on any atom is -0.335 e. The van der Waals surface area contributed by atoms with Crippen LogP contribution in [0.1, 0.15) is 120 Å². The van der Waals surface area contributed by atoms with E-state index in [1.165, 1.54) is 115 Å². The Hall–Kier alpha value is -5.22. The van der Waals surface area contributed by atoms with Gasteiger partial charge in [-0.05, 0) is 139 Å². The minimum absolute atomic E-state index is 0.0511. The molecule has 4 unspecified atom stereocenters. The second-order valence-electron chi connectivity index (χ2n) is 21.3. The van der Waals surface area contributed by atoms with Crippen molar-refractivity contribution >= 4 is 62.9 Å². The lowest BCUT2D eigenvalue weighted by Gasteiger charge is -2.54. The van der Waals surface area contributed by atoms with Crippen molar-refractivity contribution in [3.05, 3.63) is 154 Å². The molecule has 0 bridgehead atoms. The molecule has 4 atom stereocenters. The van der Waals surface area contributed by atoms with Crippen LogP contribution in [-0.4, -0.2) is 12.3 Å². The number of hydrogen-bond donors (Lipinski definition) is 0. The zero-order valence-corrected chi connectivity index (χ0v) is 37.1. The van der Waals surface area contributed by atoms with Crippen LogP contribution in [0.4, 0.5) is 39.8 Å². The van der Waals surface area contributed by atoms with E-state index in [-0.39, 0.29) is 34.0 Å². The average molecular weight is 784 g/mol. The van der Waals surface area contributed by atoms with E-state index in [4.69, 9.17) is 0 Å². The molecule has 2 aliphatic carbocycles. The van der Waals surface area contributed by atoms with Crippen molar-refractivity contribution in [2.45, 2.75) is 128 Å².